The van der Waals surface area contributed by atoms with Crippen LogP contribution in [0.25, 0.3) is 0 Å². The number of hydrogen-bond acceptors (Lipinski definition) is 2. The first-order valence-corrected chi connectivity index (χ1v) is 4.15. The third kappa shape index (κ3) is 1.21. The third-order valence-corrected chi connectivity index (χ3v) is 2.11. The summed E-state index contributed by atoms with van der Waals surface area (Å²) in [5, 5.41) is 5.06. The van der Waals surface area contributed by atoms with Crippen molar-refractivity contribution in [3.63, 3.8) is 0 Å². The van der Waals surface area contributed by atoms with E-state index in [9.17, 15) is 13.6 Å². The molecule has 1 aliphatic heterocycles. The van der Waals surface area contributed by atoms with Gasteiger partial charge in [0.25, 0.3) is 0 Å². The number of hydrogen-bond donors (Lipinski definition) is 2. The Morgan fingerprint density at radius 3 is 2.79 bits per heavy atom. The van der Waals surface area contributed by atoms with Crippen LogP contribution in [0.2, 0.25) is 0 Å². The van der Waals surface area contributed by atoms with Gasteiger partial charge in [0.2, 0.25) is 5.91 Å². The number of fused-ring (bicyclic) bond motifs is 1. The van der Waals surface area contributed by atoms with Crippen molar-refractivity contribution in [3.8, 4) is 0 Å². The van der Waals surface area contributed by atoms with Crippen LogP contribution in [0.3, 0.4) is 0 Å². The summed E-state index contributed by atoms with van der Waals surface area (Å²) < 4.78 is 26.0. The van der Waals surface area contributed by atoms with E-state index in [0.29, 0.717) is 0 Å². The predicted octanol–water partition coefficient (Wildman–Crippen LogP) is 1.72. The maximum absolute atomic E-state index is 13.2. The topological polar surface area (TPSA) is 41.1 Å². The van der Waals surface area contributed by atoms with Crippen LogP contribution >= 0.6 is 0 Å². The lowest BCUT2D eigenvalue weighted by Gasteiger charge is -2.24. The minimum absolute atomic E-state index is 0.0112. The van der Waals surface area contributed by atoms with Gasteiger partial charge in [-0.25, -0.2) is 8.78 Å². The van der Waals surface area contributed by atoms with E-state index in [0.717, 1.165) is 6.07 Å². The molecule has 0 saturated carbocycles. The van der Waals surface area contributed by atoms with Gasteiger partial charge in [0, 0.05) is 0 Å². The molecular weight excluding hydrogens is 190 g/mol. The maximum Gasteiger partial charge on any atom is 0.246 e. The maximum atomic E-state index is 13.2. The van der Waals surface area contributed by atoms with Crippen molar-refractivity contribution in [2.75, 3.05) is 10.6 Å². The minimum Gasteiger partial charge on any atom is -0.370 e. The molecule has 0 radical (unpaired) electrons. The van der Waals surface area contributed by atoms with Crippen LogP contribution in [0.15, 0.2) is 12.1 Å². The largest absolute Gasteiger partial charge is 0.370 e. The molecule has 2 N–H and O–H groups in total. The Bertz CT molecular complexity index is 406. The highest BCUT2D eigenvalue weighted by Crippen LogP contribution is 2.30. The summed E-state index contributed by atoms with van der Waals surface area (Å²) in [6.45, 7) is 1.57. The second kappa shape index (κ2) is 2.94. The summed E-state index contributed by atoms with van der Waals surface area (Å²) in [6.07, 6.45) is 0. The molecule has 1 heterocycles. The number of amides is 1. The van der Waals surface area contributed by atoms with E-state index < -0.39 is 17.7 Å². The molecule has 1 atom stereocenters. The smallest absolute Gasteiger partial charge is 0.246 e. The Morgan fingerprint density at radius 2 is 2.07 bits per heavy atom. The van der Waals surface area contributed by atoms with E-state index in [4.69, 9.17) is 0 Å². The molecule has 0 aliphatic carbocycles. The summed E-state index contributed by atoms with van der Waals surface area (Å²) >= 11 is 0. The lowest BCUT2D eigenvalue weighted by atomic mass is 10.1. The van der Waals surface area contributed by atoms with E-state index in [1.165, 1.54) is 6.07 Å². The van der Waals surface area contributed by atoms with E-state index in [1.54, 1.807) is 6.92 Å². The van der Waals surface area contributed by atoms with Crippen molar-refractivity contribution in [2.24, 2.45) is 0 Å². The highest BCUT2D eigenvalue weighted by atomic mass is 19.2. The molecule has 0 aromatic heterocycles. The van der Waals surface area contributed by atoms with E-state index in [2.05, 4.69) is 10.6 Å². The summed E-state index contributed by atoms with van der Waals surface area (Å²) in [5.41, 5.74) is 0.282. The van der Waals surface area contributed by atoms with Gasteiger partial charge < -0.3 is 10.6 Å². The number of carbonyl (C=O) groups is 1. The SMILES string of the molecule is C[C@@H]1Nc2c(ccc(F)c2F)NC1=O. The summed E-state index contributed by atoms with van der Waals surface area (Å²) in [6, 6.07) is 1.75. The lowest BCUT2D eigenvalue weighted by molar-refractivity contribution is -0.116. The second-order valence-electron chi connectivity index (χ2n) is 3.14. The molecule has 1 amide bonds. The number of halogens is 2. The normalized spacial score (nSPS) is 19.6. The van der Waals surface area contributed by atoms with Gasteiger partial charge in [-0.2, -0.15) is 0 Å². The van der Waals surface area contributed by atoms with Gasteiger partial charge in [0.1, 0.15) is 6.04 Å². The molecule has 74 valence electrons. The molecular formula is C9H8F2N2O. The van der Waals surface area contributed by atoms with E-state index >= 15 is 0 Å². The van der Waals surface area contributed by atoms with Crippen molar-refractivity contribution in [1.82, 2.24) is 0 Å². The fourth-order valence-electron chi connectivity index (χ4n) is 1.32. The van der Waals surface area contributed by atoms with Crippen molar-refractivity contribution < 1.29 is 13.6 Å². The second-order valence-corrected chi connectivity index (χ2v) is 3.14. The lowest BCUT2D eigenvalue weighted by Crippen LogP contribution is -2.36. The van der Waals surface area contributed by atoms with Crippen molar-refractivity contribution >= 4 is 17.3 Å². The van der Waals surface area contributed by atoms with E-state index in [1.807, 2.05) is 0 Å². The average molecular weight is 198 g/mol. The van der Waals surface area contributed by atoms with Gasteiger partial charge in [-0.3, -0.25) is 4.79 Å². The van der Waals surface area contributed by atoms with Crippen molar-refractivity contribution in [2.45, 2.75) is 13.0 Å². The molecule has 14 heavy (non-hydrogen) atoms. The van der Waals surface area contributed by atoms with Crippen LogP contribution in [0.1, 0.15) is 6.92 Å². The van der Waals surface area contributed by atoms with Crippen LogP contribution in [-0.4, -0.2) is 11.9 Å². The Kier molecular flexibility index (Phi) is 1.87. The number of anilines is 2. The molecule has 5 heteroatoms. The summed E-state index contributed by atoms with van der Waals surface area (Å²) in [5.74, 6) is -2.16. The molecule has 1 aromatic rings. The Hall–Kier alpha value is -1.65. The predicted molar refractivity (Wildman–Crippen MR) is 48.1 cm³/mol. The van der Waals surface area contributed by atoms with Gasteiger partial charge in [0.05, 0.1) is 11.4 Å². The molecule has 1 aliphatic rings. The van der Waals surface area contributed by atoms with Crippen LogP contribution < -0.4 is 10.6 Å². The zero-order valence-corrected chi connectivity index (χ0v) is 7.40. The van der Waals surface area contributed by atoms with E-state index in [-0.39, 0.29) is 17.3 Å². The summed E-state index contributed by atoms with van der Waals surface area (Å²) in [4.78, 5) is 11.2. The molecule has 1 aromatic carbocycles. The first-order valence-electron chi connectivity index (χ1n) is 4.15. The fraction of sp³-hybridized carbons (Fsp3) is 0.222. The Balaban J connectivity index is 2.52. The van der Waals surface area contributed by atoms with Crippen LogP contribution in [0.5, 0.6) is 0 Å². The molecule has 3 nitrogen and oxygen atoms in total. The van der Waals surface area contributed by atoms with Gasteiger partial charge in [-0.05, 0) is 19.1 Å². The monoisotopic (exact) mass is 198 g/mol. The average Bonchev–Trinajstić information content (AvgIpc) is 2.15. The first-order chi connectivity index (χ1) is 6.59. The molecule has 2 rings (SSSR count). The summed E-state index contributed by atoms with van der Waals surface area (Å²) in [7, 11) is 0. The zero-order chi connectivity index (χ0) is 10.3. The quantitative estimate of drug-likeness (QED) is 0.666. The Labute approximate surface area is 79.1 Å². The van der Waals surface area contributed by atoms with Crippen LogP contribution in [0.4, 0.5) is 20.2 Å². The molecule has 0 unspecified atom stereocenters. The number of rotatable bonds is 0. The standard InChI is InChI=1S/C9H8F2N2O/c1-4-9(14)13-6-3-2-5(10)7(11)8(6)12-4/h2-4,12H,1H3,(H,13,14)/t4-/m0/s1. The highest BCUT2D eigenvalue weighted by molar-refractivity contribution is 6.02. The minimum atomic E-state index is -0.964. The van der Waals surface area contributed by atoms with Gasteiger partial charge in [-0.15, -0.1) is 0 Å². The number of nitrogens with one attached hydrogen (secondary N) is 2. The van der Waals surface area contributed by atoms with Gasteiger partial charge in [-0.1, -0.05) is 0 Å². The van der Waals surface area contributed by atoms with Gasteiger partial charge >= 0.3 is 0 Å². The van der Waals surface area contributed by atoms with Crippen molar-refractivity contribution in [1.29, 1.82) is 0 Å². The molecule has 0 saturated heterocycles. The molecule has 0 bridgehead atoms. The molecule has 0 spiro atoms. The zero-order valence-electron chi connectivity index (χ0n) is 7.40. The number of carbonyl (C=O) groups excluding carboxylic acids is 1. The van der Waals surface area contributed by atoms with Crippen molar-refractivity contribution in [3.05, 3.63) is 23.8 Å². The fourth-order valence-corrected chi connectivity index (χ4v) is 1.32. The highest BCUT2D eigenvalue weighted by Gasteiger charge is 2.25. The number of benzene rings is 1. The first kappa shape index (κ1) is 8.93. The third-order valence-electron chi connectivity index (χ3n) is 2.11. The van der Waals surface area contributed by atoms with Crippen LogP contribution in [-0.2, 0) is 4.79 Å². The molecule has 0 fully saturated rings. The van der Waals surface area contributed by atoms with Crippen LogP contribution in [0, 0.1) is 11.6 Å². The van der Waals surface area contributed by atoms with Gasteiger partial charge in [0.15, 0.2) is 11.6 Å². The Morgan fingerprint density at radius 1 is 1.36 bits per heavy atom.